The predicted octanol–water partition coefficient (Wildman–Crippen LogP) is 2.77. The fraction of sp³-hybridized carbons (Fsp3) is 0.316. The number of carbonyl (C=O) groups excluding carboxylic acids is 1. The van der Waals surface area contributed by atoms with E-state index in [9.17, 15) is 4.79 Å². The second kappa shape index (κ2) is 6.93. The van der Waals surface area contributed by atoms with Gasteiger partial charge in [0.15, 0.2) is 0 Å². The summed E-state index contributed by atoms with van der Waals surface area (Å²) in [5, 5.41) is 11.8. The van der Waals surface area contributed by atoms with Crippen molar-refractivity contribution >= 4 is 11.7 Å². The minimum Gasteiger partial charge on any atom is -0.311 e. The molecule has 3 rings (SSSR count). The molecule has 3 aromatic rings. The second-order valence-electron chi connectivity index (χ2n) is 6.31. The number of nitrogens with zero attached hydrogens (tertiary/aromatic N) is 4. The molecule has 0 bridgehead atoms. The molecule has 1 aromatic carbocycles. The van der Waals surface area contributed by atoms with Gasteiger partial charge in [0, 0.05) is 24.4 Å². The largest absolute Gasteiger partial charge is 0.311 e. The van der Waals surface area contributed by atoms with E-state index in [0.29, 0.717) is 18.8 Å². The highest BCUT2D eigenvalue weighted by atomic mass is 16.1. The third kappa shape index (κ3) is 3.79. The molecule has 25 heavy (non-hydrogen) atoms. The Morgan fingerprint density at radius 2 is 1.84 bits per heavy atom. The fourth-order valence-corrected chi connectivity index (χ4v) is 2.94. The molecule has 0 atom stereocenters. The van der Waals surface area contributed by atoms with Gasteiger partial charge in [0.1, 0.15) is 5.82 Å². The Hall–Kier alpha value is -2.89. The summed E-state index contributed by atoms with van der Waals surface area (Å²) < 4.78 is 3.63. The molecular weight excluding hydrogens is 314 g/mol. The van der Waals surface area contributed by atoms with Crippen molar-refractivity contribution in [1.82, 2.24) is 19.6 Å². The van der Waals surface area contributed by atoms with Crippen LogP contribution in [0.1, 0.15) is 28.2 Å². The monoisotopic (exact) mass is 337 g/mol. The van der Waals surface area contributed by atoms with Crippen LogP contribution in [-0.4, -0.2) is 25.5 Å². The lowest BCUT2D eigenvalue weighted by atomic mass is 10.1. The van der Waals surface area contributed by atoms with E-state index in [4.69, 9.17) is 0 Å². The molecule has 0 spiro atoms. The third-order valence-corrected chi connectivity index (χ3v) is 4.34. The minimum absolute atomic E-state index is 0.0617. The smallest absolute Gasteiger partial charge is 0.230 e. The third-order valence-electron chi connectivity index (χ3n) is 4.34. The lowest BCUT2D eigenvalue weighted by Gasteiger charge is -2.09. The summed E-state index contributed by atoms with van der Waals surface area (Å²) in [6.07, 6.45) is 0.307. The van der Waals surface area contributed by atoms with Crippen molar-refractivity contribution in [1.29, 1.82) is 0 Å². The number of rotatable bonds is 5. The van der Waals surface area contributed by atoms with Crippen LogP contribution in [0, 0.1) is 20.8 Å². The summed E-state index contributed by atoms with van der Waals surface area (Å²) >= 11 is 0. The molecule has 6 heteroatoms. The molecule has 2 aromatic heterocycles. The van der Waals surface area contributed by atoms with Crippen molar-refractivity contribution in [2.24, 2.45) is 7.05 Å². The maximum atomic E-state index is 12.5. The zero-order valence-electron chi connectivity index (χ0n) is 15.1. The van der Waals surface area contributed by atoms with E-state index in [1.807, 2.05) is 73.6 Å². The van der Waals surface area contributed by atoms with Crippen LogP contribution in [0.3, 0.4) is 0 Å². The zero-order valence-corrected chi connectivity index (χ0v) is 15.1. The van der Waals surface area contributed by atoms with E-state index < -0.39 is 0 Å². The van der Waals surface area contributed by atoms with Crippen molar-refractivity contribution in [3.63, 3.8) is 0 Å². The van der Waals surface area contributed by atoms with E-state index >= 15 is 0 Å². The Balaban J connectivity index is 1.75. The number of aryl methyl sites for hydroxylation is 3. The summed E-state index contributed by atoms with van der Waals surface area (Å²) in [5.41, 5.74) is 4.90. The molecule has 0 fully saturated rings. The van der Waals surface area contributed by atoms with Gasteiger partial charge in [-0.2, -0.15) is 10.2 Å². The zero-order chi connectivity index (χ0) is 18.0. The van der Waals surface area contributed by atoms with Gasteiger partial charge in [-0.1, -0.05) is 30.3 Å². The van der Waals surface area contributed by atoms with Crippen molar-refractivity contribution in [3.8, 4) is 0 Å². The van der Waals surface area contributed by atoms with Crippen LogP contribution in [0.15, 0.2) is 36.4 Å². The second-order valence-corrected chi connectivity index (χ2v) is 6.31. The Kier molecular flexibility index (Phi) is 4.70. The van der Waals surface area contributed by atoms with Crippen molar-refractivity contribution < 1.29 is 4.79 Å². The number of anilines is 1. The van der Waals surface area contributed by atoms with E-state index in [0.717, 1.165) is 28.2 Å². The number of benzene rings is 1. The first-order valence-corrected chi connectivity index (χ1v) is 8.31. The van der Waals surface area contributed by atoms with Crippen LogP contribution in [0.2, 0.25) is 0 Å². The Morgan fingerprint density at radius 3 is 2.48 bits per heavy atom. The lowest BCUT2D eigenvalue weighted by molar-refractivity contribution is -0.115. The van der Waals surface area contributed by atoms with Crippen LogP contribution in [0.5, 0.6) is 0 Å². The molecule has 1 amide bonds. The first kappa shape index (κ1) is 17.0. The summed E-state index contributed by atoms with van der Waals surface area (Å²) in [7, 11) is 1.89. The number of hydrogen-bond donors (Lipinski definition) is 1. The highest BCUT2D eigenvalue weighted by molar-refractivity contribution is 5.91. The average Bonchev–Trinajstić information content (AvgIpc) is 3.02. The Bertz CT molecular complexity index is 892. The molecule has 0 radical (unpaired) electrons. The lowest BCUT2D eigenvalue weighted by Crippen LogP contribution is -2.18. The minimum atomic E-state index is -0.0617. The molecule has 0 unspecified atom stereocenters. The highest BCUT2D eigenvalue weighted by Gasteiger charge is 2.15. The summed E-state index contributed by atoms with van der Waals surface area (Å²) in [6.45, 7) is 6.45. The van der Waals surface area contributed by atoms with Crippen LogP contribution in [-0.2, 0) is 24.8 Å². The van der Waals surface area contributed by atoms with E-state index in [2.05, 4.69) is 15.5 Å². The predicted molar refractivity (Wildman–Crippen MR) is 97.5 cm³/mol. The van der Waals surface area contributed by atoms with Gasteiger partial charge >= 0.3 is 0 Å². The van der Waals surface area contributed by atoms with E-state index in [-0.39, 0.29) is 5.91 Å². The molecule has 2 heterocycles. The SMILES string of the molecule is Cc1cc(NC(=O)Cc2c(C)nn(C)c2C)n(Cc2ccccc2)n1. The molecule has 1 N–H and O–H groups in total. The number of hydrogen-bond acceptors (Lipinski definition) is 3. The maximum absolute atomic E-state index is 12.5. The number of nitrogens with one attached hydrogen (secondary N) is 1. The standard InChI is InChI=1S/C19H23N5O/c1-13-10-18(24(21-13)12-16-8-6-5-7-9-16)20-19(25)11-17-14(2)22-23(4)15(17)3/h5-10H,11-12H2,1-4H3,(H,20,25). The number of carbonyl (C=O) groups is 1. The van der Waals surface area contributed by atoms with Gasteiger partial charge in [-0.3, -0.25) is 9.48 Å². The van der Waals surface area contributed by atoms with Gasteiger partial charge in [0.25, 0.3) is 0 Å². The molecule has 0 saturated heterocycles. The van der Waals surface area contributed by atoms with Crippen molar-refractivity contribution in [2.75, 3.05) is 5.32 Å². The normalized spacial score (nSPS) is 10.9. The average molecular weight is 337 g/mol. The molecule has 130 valence electrons. The molecule has 0 saturated carbocycles. The summed E-state index contributed by atoms with van der Waals surface area (Å²) in [4.78, 5) is 12.5. The first-order chi connectivity index (χ1) is 11.9. The molecule has 0 aliphatic rings. The Morgan fingerprint density at radius 1 is 1.12 bits per heavy atom. The van der Waals surface area contributed by atoms with Gasteiger partial charge in [0.05, 0.1) is 24.4 Å². The van der Waals surface area contributed by atoms with Crippen LogP contribution in [0.25, 0.3) is 0 Å². The molecule has 0 aliphatic carbocycles. The van der Waals surface area contributed by atoms with E-state index in [1.54, 1.807) is 0 Å². The number of aromatic nitrogens is 4. The summed E-state index contributed by atoms with van der Waals surface area (Å²) in [6, 6.07) is 12.0. The Labute approximate surface area is 147 Å². The van der Waals surface area contributed by atoms with Gasteiger partial charge < -0.3 is 5.32 Å². The van der Waals surface area contributed by atoms with Crippen LogP contribution < -0.4 is 5.32 Å². The van der Waals surface area contributed by atoms with Gasteiger partial charge in [0.2, 0.25) is 5.91 Å². The van der Waals surface area contributed by atoms with Gasteiger partial charge in [-0.25, -0.2) is 4.68 Å². The van der Waals surface area contributed by atoms with Gasteiger partial charge in [-0.05, 0) is 26.3 Å². The molecule has 0 aliphatic heterocycles. The maximum Gasteiger partial charge on any atom is 0.230 e. The number of amides is 1. The topological polar surface area (TPSA) is 64.7 Å². The first-order valence-electron chi connectivity index (χ1n) is 8.31. The van der Waals surface area contributed by atoms with Crippen LogP contribution >= 0.6 is 0 Å². The van der Waals surface area contributed by atoms with Crippen LogP contribution in [0.4, 0.5) is 5.82 Å². The van der Waals surface area contributed by atoms with E-state index in [1.165, 1.54) is 0 Å². The van der Waals surface area contributed by atoms with Gasteiger partial charge in [-0.15, -0.1) is 0 Å². The quantitative estimate of drug-likeness (QED) is 0.778. The molecule has 6 nitrogen and oxygen atoms in total. The fourth-order valence-electron chi connectivity index (χ4n) is 2.94. The van der Waals surface area contributed by atoms with Crippen molar-refractivity contribution in [3.05, 3.63) is 64.6 Å². The highest BCUT2D eigenvalue weighted by Crippen LogP contribution is 2.16. The summed E-state index contributed by atoms with van der Waals surface area (Å²) in [5.74, 6) is 0.652. The molecular formula is C19H23N5O. The van der Waals surface area contributed by atoms with Crippen molar-refractivity contribution in [2.45, 2.75) is 33.7 Å².